The molecule has 1 saturated heterocycles. The molecular formula is C13H17FN4O3. The number of nitrogens with two attached hydrogens (primary N) is 1. The molecule has 21 heavy (non-hydrogen) atoms. The Labute approximate surface area is 121 Å². The number of carbonyl (C=O) groups excluding carboxylic acids is 1. The summed E-state index contributed by atoms with van der Waals surface area (Å²) in [6.45, 7) is 2.43. The summed E-state index contributed by atoms with van der Waals surface area (Å²) in [5.74, 6) is -1.43. The van der Waals surface area contributed by atoms with Crippen LogP contribution in [0.25, 0.3) is 0 Å². The van der Waals surface area contributed by atoms with Crippen molar-refractivity contribution in [3.63, 3.8) is 0 Å². The Morgan fingerprint density at radius 3 is 2.71 bits per heavy atom. The van der Waals surface area contributed by atoms with Crippen LogP contribution < -0.4 is 5.73 Å². The lowest BCUT2D eigenvalue weighted by atomic mass is 10.1. The van der Waals surface area contributed by atoms with Gasteiger partial charge in [0.2, 0.25) is 0 Å². The van der Waals surface area contributed by atoms with E-state index in [0.717, 1.165) is 25.1 Å². The van der Waals surface area contributed by atoms with Crippen molar-refractivity contribution in [3.05, 3.63) is 33.6 Å². The Morgan fingerprint density at radius 1 is 1.33 bits per heavy atom. The van der Waals surface area contributed by atoms with Crippen LogP contribution >= 0.6 is 0 Å². The van der Waals surface area contributed by atoms with Gasteiger partial charge in [0.05, 0.1) is 4.92 Å². The molecule has 1 aliphatic heterocycles. The number of amides is 1. The zero-order valence-corrected chi connectivity index (χ0v) is 11.7. The quantitative estimate of drug-likeness (QED) is 0.501. The molecule has 114 valence electrons. The summed E-state index contributed by atoms with van der Waals surface area (Å²) in [5, 5.41) is 10.9. The van der Waals surface area contributed by atoms with E-state index >= 15 is 0 Å². The van der Waals surface area contributed by atoms with Crippen molar-refractivity contribution < 1.29 is 14.1 Å². The van der Waals surface area contributed by atoms with Crippen LogP contribution in [0.1, 0.15) is 16.8 Å². The first-order valence-electron chi connectivity index (χ1n) is 6.62. The van der Waals surface area contributed by atoms with Crippen molar-refractivity contribution >= 4 is 17.3 Å². The first-order valence-corrected chi connectivity index (χ1v) is 6.62. The molecule has 1 amide bonds. The number of rotatable bonds is 2. The van der Waals surface area contributed by atoms with Gasteiger partial charge in [0.1, 0.15) is 17.1 Å². The largest absolute Gasteiger partial charge is 0.392 e. The SMILES string of the molecule is CN1CCCN(C(=O)c2c(F)ccc([N+](=O)[O-])c2N)CC1. The summed E-state index contributed by atoms with van der Waals surface area (Å²) in [4.78, 5) is 26.1. The molecule has 0 unspecified atom stereocenters. The van der Waals surface area contributed by atoms with Crippen LogP contribution in [0.5, 0.6) is 0 Å². The van der Waals surface area contributed by atoms with Crippen LogP contribution in [0, 0.1) is 15.9 Å². The Kier molecular flexibility index (Phi) is 4.37. The minimum absolute atomic E-state index is 0.409. The lowest BCUT2D eigenvalue weighted by Gasteiger charge is -2.21. The number of nitrogens with zero attached hydrogens (tertiary/aromatic N) is 3. The molecule has 1 fully saturated rings. The fourth-order valence-electron chi connectivity index (χ4n) is 2.37. The monoisotopic (exact) mass is 296 g/mol. The number of carbonyl (C=O) groups is 1. The minimum atomic E-state index is -0.833. The highest BCUT2D eigenvalue weighted by Gasteiger charge is 2.28. The van der Waals surface area contributed by atoms with E-state index in [2.05, 4.69) is 4.90 Å². The van der Waals surface area contributed by atoms with Crippen molar-refractivity contribution in [1.82, 2.24) is 9.80 Å². The summed E-state index contributed by atoms with van der Waals surface area (Å²) < 4.78 is 13.9. The molecule has 2 N–H and O–H groups in total. The van der Waals surface area contributed by atoms with E-state index in [-0.39, 0.29) is 0 Å². The van der Waals surface area contributed by atoms with Crippen molar-refractivity contribution in [2.24, 2.45) is 0 Å². The smallest absolute Gasteiger partial charge is 0.293 e. The Balaban J connectivity index is 2.34. The topological polar surface area (TPSA) is 92.7 Å². The molecule has 7 nitrogen and oxygen atoms in total. The maximum Gasteiger partial charge on any atom is 0.293 e. The second kappa shape index (κ2) is 6.04. The van der Waals surface area contributed by atoms with E-state index in [4.69, 9.17) is 5.73 Å². The summed E-state index contributed by atoms with van der Waals surface area (Å²) in [5.41, 5.74) is 4.34. The number of benzene rings is 1. The normalized spacial score (nSPS) is 16.6. The van der Waals surface area contributed by atoms with E-state index < -0.39 is 33.6 Å². The number of likely N-dealkylation sites (N-methyl/N-ethyl adjacent to an activating group) is 1. The maximum atomic E-state index is 13.9. The number of anilines is 1. The second-order valence-corrected chi connectivity index (χ2v) is 5.06. The molecule has 0 aliphatic carbocycles. The highest BCUT2D eigenvalue weighted by atomic mass is 19.1. The van der Waals surface area contributed by atoms with E-state index in [1.165, 1.54) is 4.90 Å². The molecule has 0 saturated carbocycles. The number of nitro groups is 1. The van der Waals surface area contributed by atoms with Gasteiger partial charge in [-0.3, -0.25) is 14.9 Å². The zero-order valence-electron chi connectivity index (χ0n) is 11.7. The van der Waals surface area contributed by atoms with Crippen LogP contribution in [-0.4, -0.2) is 53.9 Å². The predicted octanol–water partition coefficient (Wildman–Crippen LogP) is 1.09. The predicted molar refractivity (Wildman–Crippen MR) is 75.5 cm³/mol. The standard InChI is InChI=1S/C13H17FN4O3/c1-16-5-2-6-17(8-7-16)13(19)11-9(14)3-4-10(12(11)15)18(20)21/h3-4H,2,5-8,15H2,1H3. The third kappa shape index (κ3) is 3.10. The lowest BCUT2D eigenvalue weighted by molar-refractivity contribution is -0.384. The fourth-order valence-corrected chi connectivity index (χ4v) is 2.37. The first-order chi connectivity index (χ1) is 9.91. The lowest BCUT2D eigenvalue weighted by Crippen LogP contribution is -2.35. The van der Waals surface area contributed by atoms with Gasteiger partial charge in [0, 0.05) is 25.7 Å². The Hall–Kier alpha value is -2.22. The molecule has 2 rings (SSSR count). The van der Waals surface area contributed by atoms with Gasteiger partial charge in [-0.15, -0.1) is 0 Å². The molecule has 0 radical (unpaired) electrons. The molecular weight excluding hydrogens is 279 g/mol. The van der Waals surface area contributed by atoms with Crippen LogP contribution in [0.15, 0.2) is 12.1 Å². The second-order valence-electron chi connectivity index (χ2n) is 5.06. The number of halogens is 1. The van der Waals surface area contributed by atoms with Gasteiger partial charge in [-0.2, -0.15) is 0 Å². The highest BCUT2D eigenvalue weighted by molar-refractivity contribution is 6.01. The Bertz CT molecular complexity index is 579. The molecule has 0 bridgehead atoms. The minimum Gasteiger partial charge on any atom is -0.392 e. The van der Waals surface area contributed by atoms with Gasteiger partial charge >= 0.3 is 0 Å². The molecule has 1 aromatic rings. The van der Waals surface area contributed by atoms with Crippen LogP contribution in [0.4, 0.5) is 15.8 Å². The van der Waals surface area contributed by atoms with Gasteiger partial charge in [-0.25, -0.2) is 4.39 Å². The molecule has 1 aromatic carbocycles. The Morgan fingerprint density at radius 2 is 2.05 bits per heavy atom. The molecule has 1 aliphatic rings. The highest BCUT2D eigenvalue weighted by Crippen LogP contribution is 2.28. The van der Waals surface area contributed by atoms with Crippen molar-refractivity contribution in [2.45, 2.75) is 6.42 Å². The summed E-state index contributed by atoms with van der Waals surface area (Å²) >= 11 is 0. The zero-order chi connectivity index (χ0) is 15.6. The van der Waals surface area contributed by atoms with E-state index in [1.54, 1.807) is 0 Å². The van der Waals surface area contributed by atoms with Crippen LogP contribution in [0.3, 0.4) is 0 Å². The maximum absolute atomic E-state index is 13.9. The van der Waals surface area contributed by atoms with Crippen LogP contribution in [0.2, 0.25) is 0 Å². The summed E-state index contributed by atoms with van der Waals surface area (Å²) in [7, 11) is 1.94. The average molecular weight is 296 g/mol. The van der Waals surface area contributed by atoms with Crippen molar-refractivity contribution in [2.75, 3.05) is 39.0 Å². The molecule has 0 spiro atoms. The third-order valence-corrected chi connectivity index (χ3v) is 3.59. The van der Waals surface area contributed by atoms with Crippen molar-refractivity contribution in [3.8, 4) is 0 Å². The number of hydrogen-bond donors (Lipinski definition) is 1. The first kappa shape index (κ1) is 15.2. The summed E-state index contributed by atoms with van der Waals surface area (Å²) in [6.07, 6.45) is 0.763. The van der Waals surface area contributed by atoms with E-state index in [0.29, 0.717) is 19.6 Å². The number of nitrogen functional groups attached to an aromatic ring is 1. The van der Waals surface area contributed by atoms with Gasteiger partial charge in [-0.1, -0.05) is 0 Å². The molecule has 1 heterocycles. The van der Waals surface area contributed by atoms with Crippen molar-refractivity contribution in [1.29, 1.82) is 0 Å². The third-order valence-electron chi connectivity index (χ3n) is 3.59. The van der Waals surface area contributed by atoms with Gasteiger partial charge < -0.3 is 15.5 Å². The van der Waals surface area contributed by atoms with Gasteiger partial charge in [0.25, 0.3) is 11.6 Å². The van der Waals surface area contributed by atoms with Crippen LogP contribution in [-0.2, 0) is 0 Å². The average Bonchev–Trinajstić information content (AvgIpc) is 2.63. The number of nitro benzene ring substituents is 1. The molecule has 0 atom stereocenters. The van der Waals surface area contributed by atoms with Gasteiger partial charge in [-0.05, 0) is 26.1 Å². The fraction of sp³-hybridized carbons (Fsp3) is 0.462. The molecule has 8 heteroatoms. The molecule has 0 aromatic heterocycles. The van der Waals surface area contributed by atoms with E-state index in [9.17, 15) is 19.3 Å². The van der Waals surface area contributed by atoms with Gasteiger partial charge in [0.15, 0.2) is 0 Å². The van der Waals surface area contributed by atoms with E-state index in [1.807, 2.05) is 7.05 Å². The number of hydrogen-bond acceptors (Lipinski definition) is 5. The summed E-state index contributed by atoms with van der Waals surface area (Å²) in [6, 6.07) is 1.88.